The van der Waals surface area contributed by atoms with Gasteiger partial charge in [-0.05, 0) is 24.8 Å². The minimum absolute atomic E-state index is 0.175. The fourth-order valence-corrected chi connectivity index (χ4v) is 3.12. The van der Waals surface area contributed by atoms with Crippen molar-refractivity contribution in [3.63, 3.8) is 0 Å². The summed E-state index contributed by atoms with van der Waals surface area (Å²) < 4.78 is 173. The number of halogens is 13. The standard InChI is InChI=1S/C19H19F13O/c1-2-9-13(33,10-8-12-6-4-3-5-7-12)11-14(20,21)15(22,23)16(24,25)17(26,27)18(28,29)19(30,31)32/h3-7,33H,2,8-11H2,1H3. The zero-order valence-electron chi connectivity index (χ0n) is 16.8. The lowest BCUT2D eigenvalue weighted by Crippen LogP contribution is -2.70. The Morgan fingerprint density at radius 1 is 0.636 bits per heavy atom. The molecule has 0 fully saturated rings. The molecule has 1 aromatic carbocycles. The van der Waals surface area contributed by atoms with Gasteiger partial charge in [0.15, 0.2) is 0 Å². The molecule has 0 heterocycles. The van der Waals surface area contributed by atoms with Gasteiger partial charge in [0.2, 0.25) is 0 Å². The molecule has 0 saturated carbocycles. The smallest absolute Gasteiger partial charge is 0.390 e. The monoisotopic (exact) mass is 510 g/mol. The second kappa shape index (κ2) is 9.14. The molecule has 1 N–H and O–H groups in total. The molecule has 0 aromatic heterocycles. The van der Waals surface area contributed by atoms with Crippen molar-refractivity contribution in [1.82, 2.24) is 0 Å². The normalized spacial score (nSPS) is 16.6. The molecule has 1 unspecified atom stereocenters. The van der Waals surface area contributed by atoms with Crippen LogP contribution in [-0.2, 0) is 6.42 Å². The van der Waals surface area contributed by atoms with E-state index in [1.54, 1.807) is 6.07 Å². The molecule has 0 aliphatic rings. The Kier molecular flexibility index (Phi) is 8.11. The Bertz CT molecular complexity index is 774. The van der Waals surface area contributed by atoms with Crippen LogP contribution in [0.3, 0.4) is 0 Å². The van der Waals surface area contributed by atoms with Crippen molar-refractivity contribution in [2.24, 2.45) is 0 Å². The van der Waals surface area contributed by atoms with Gasteiger partial charge in [-0.15, -0.1) is 0 Å². The zero-order valence-corrected chi connectivity index (χ0v) is 16.8. The molecule has 33 heavy (non-hydrogen) atoms. The zero-order chi connectivity index (χ0) is 26.1. The molecule has 0 aliphatic carbocycles. The first-order valence-corrected chi connectivity index (χ1v) is 9.32. The van der Waals surface area contributed by atoms with Crippen molar-refractivity contribution in [1.29, 1.82) is 0 Å². The van der Waals surface area contributed by atoms with E-state index in [4.69, 9.17) is 0 Å². The average Bonchev–Trinajstić information content (AvgIpc) is 2.65. The SMILES string of the molecule is CCCC(O)(CCc1ccccc1)CC(F)(F)C(F)(F)C(F)(F)C(F)(F)C(F)(F)C(F)(F)F. The van der Waals surface area contributed by atoms with Crippen LogP contribution in [0.5, 0.6) is 0 Å². The van der Waals surface area contributed by atoms with E-state index >= 15 is 0 Å². The molecular weight excluding hydrogens is 491 g/mol. The van der Waals surface area contributed by atoms with Gasteiger partial charge in [-0.3, -0.25) is 0 Å². The first-order chi connectivity index (χ1) is 14.6. The lowest BCUT2D eigenvalue weighted by molar-refractivity contribution is -0.441. The van der Waals surface area contributed by atoms with E-state index in [1.807, 2.05) is 0 Å². The Balaban J connectivity index is 3.32. The number of hydrogen-bond donors (Lipinski definition) is 1. The Morgan fingerprint density at radius 2 is 1.09 bits per heavy atom. The highest BCUT2D eigenvalue weighted by Crippen LogP contribution is 2.61. The topological polar surface area (TPSA) is 20.2 Å². The molecule has 1 nitrogen and oxygen atoms in total. The summed E-state index contributed by atoms with van der Waals surface area (Å²) in [6.45, 7) is 1.27. The Labute approximate surface area is 179 Å². The van der Waals surface area contributed by atoms with Gasteiger partial charge in [0.25, 0.3) is 0 Å². The van der Waals surface area contributed by atoms with Crippen LogP contribution < -0.4 is 0 Å². The third kappa shape index (κ3) is 5.35. The van der Waals surface area contributed by atoms with E-state index in [1.165, 1.54) is 31.2 Å². The van der Waals surface area contributed by atoms with Crippen LogP contribution in [0.4, 0.5) is 57.1 Å². The molecule has 14 heteroatoms. The summed E-state index contributed by atoms with van der Waals surface area (Å²) in [5, 5.41) is 10.4. The van der Waals surface area contributed by atoms with E-state index in [0.29, 0.717) is 5.56 Å². The Morgan fingerprint density at radius 3 is 1.52 bits per heavy atom. The molecule has 1 aromatic rings. The van der Waals surface area contributed by atoms with Gasteiger partial charge in [-0.2, -0.15) is 57.1 Å². The molecule has 0 bridgehead atoms. The van der Waals surface area contributed by atoms with E-state index < -0.39 is 60.7 Å². The van der Waals surface area contributed by atoms with Gasteiger partial charge in [0, 0.05) is 6.42 Å². The number of aryl methyl sites for hydroxylation is 1. The maximum absolute atomic E-state index is 14.2. The fourth-order valence-electron chi connectivity index (χ4n) is 3.12. The van der Waals surface area contributed by atoms with Crippen LogP contribution >= 0.6 is 0 Å². The van der Waals surface area contributed by atoms with E-state index in [9.17, 15) is 62.2 Å². The molecule has 192 valence electrons. The summed E-state index contributed by atoms with van der Waals surface area (Å²) in [7, 11) is 0. The number of alkyl halides is 13. The molecule has 0 radical (unpaired) electrons. The van der Waals surface area contributed by atoms with Crippen molar-refractivity contribution in [2.45, 2.75) is 80.4 Å². The number of rotatable bonds is 11. The summed E-state index contributed by atoms with van der Waals surface area (Å²) in [4.78, 5) is 0. The summed E-state index contributed by atoms with van der Waals surface area (Å²) in [5.74, 6) is -37.3. The van der Waals surface area contributed by atoms with E-state index in [-0.39, 0.29) is 12.8 Å². The van der Waals surface area contributed by atoms with Crippen molar-refractivity contribution < 1.29 is 62.2 Å². The molecule has 0 spiro atoms. The van der Waals surface area contributed by atoms with Gasteiger partial charge in [0.1, 0.15) is 0 Å². The van der Waals surface area contributed by atoms with Crippen LogP contribution in [0.15, 0.2) is 30.3 Å². The van der Waals surface area contributed by atoms with Crippen LogP contribution in [0.25, 0.3) is 0 Å². The third-order valence-electron chi connectivity index (χ3n) is 4.99. The predicted molar refractivity (Wildman–Crippen MR) is 90.0 cm³/mol. The van der Waals surface area contributed by atoms with Crippen LogP contribution in [0, 0.1) is 0 Å². The molecule has 0 amide bonds. The first-order valence-electron chi connectivity index (χ1n) is 9.32. The van der Waals surface area contributed by atoms with Gasteiger partial charge in [-0.25, -0.2) is 0 Å². The maximum atomic E-state index is 14.2. The largest absolute Gasteiger partial charge is 0.460 e. The summed E-state index contributed by atoms with van der Waals surface area (Å²) >= 11 is 0. The minimum atomic E-state index is -7.95. The second-order valence-corrected chi connectivity index (χ2v) is 7.64. The summed E-state index contributed by atoms with van der Waals surface area (Å²) in [6, 6.07) is 7.40. The number of aliphatic hydroxyl groups is 1. The quantitative estimate of drug-likeness (QED) is 0.311. The first kappa shape index (κ1) is 29.3. The van der Waals surface area contributed by atoms with Crippen molar-refractivity contribution in [3.05, 3.63) is 35.9 Å². The molecule has 1 rings (SSSR count). The van der Waals surface area contributed by atoms with Gasteiger partial charge < -0.3 is 5.11 Å². The highest BCUT2D eigenvalue weighted by molar-refractivity contribution is 5.16. The second-order valence-electron chi connectivity index (χ2n) is 7.64. The summed E-state index contributed by atoms with van der Waals surface area (Å²) in [6.07, 6.45) is -12.0. The van der Waals surface area contributed by atoms with Crippen molar-refractivity contribution in [2.75, 3.05) is 0 Å². The third-order valence-corrected chi connectivity index (χ3v) is 4.99. The molecule has 1 atom stereocenters. The van der Waals surface area contributed by atoms with E-state index in [2.05, 4.69) is 0 Å². The maximum Gasteiger partial charge on any atom is 0.460 e. The van der Waals surface area contributed by atoms with Crippen LogP contribution in [0.1, 0.15) is 38.2 Å². The summed E-state index contributed by atoms with van der Waals surface area (Å²) in [5.41, 5.74) is -2.47. The Hall–Kier alpha value is -1.73. The van der Waals surface area contributed by atoms with Crippen molar-refractivity contribution in [3.8, 4) is 0 Å². The molecule has 0 saturated heterocycles. The van der Waals surface area contributed by atoms with Gasteiger partial charge in [0.05, 0.1) is 5.60 Å². The highest BCUT2D eigenvalue weighted by atomic mass is 19.4. The lowest BCUT2D eigenvalue weighted by atomic mass is 9.81. The van der Waals surface area contributed by atoms with E-state index in [0.717, 1.165) is 0 Å². The number of benzene rings is 1. The van der Waals surface area contributed by atoms with Gasteiger partial charge in [-0.1, -0.05) is 43.7 Å². The van der Waals surface area contributed by atoms with Gasteiger partial charge >= 0.3 is 35.8 Å². The lowest BCUT2D eigenvalue weighted by Gasteiger charge is -2.41. The number of hydrogen-bond acceptors (Lipinski definition) is 1. The average molecular weight is 510 g/mol. The fraction of sp³-hybridized carbons (Fsp3) is 0.684. The predicted octanol–water partition coefficient (Wildman–Crippen LogP) is 7.28. The van der Waals surface area contributed by atoms with Crippen LogP contribution in [0.2, 0.25) is 0 Å². The highest BCUT2D eigenvalue weighted by Gasteiger charge is 2.90. The molecule has 0 aliphatic heterocycles. The van der Waals surface area contributed by atoms with Crippen molar-refractivity contribution >= 4 is 0 Å². The minimum Gasteiger partial charge on any atom is -0.390 e. The molecular formula is C19H19F13O. The van der Waals surface area contributed by atoms with Crippen LogP contribution in [-0.4, -0.2) is 46.5 Å².